The van der Waals surface area contributed by atoms with Gasteiger partial charge >= 0.3 is 0 Å². The predicted molar refractivity (Wildman–Crippen MR) is 158 cm³/mol. The van der Waals surface area contributed by atoms with Crippen LogP contribution in [-0.2, 0) is 0 Å². The molecule has 1 unspecified atom stereocenters. The van der Waals surface area contributed by atoms with E-state index < -0.39 is 18.2 Å². The second-order valence-electron chi connectivity index (χ2n) is 9.90. The Morgan fingerprint density at radius 2 is 1.27 bits per heavy atom. The van der Waals surface area contributed by atoms with E-state index in [0.29, 0.717) is 32.8 Å². The topological polar surface area (TPSA) is 123 Å². The second-order valence-corrected chi connectivity index (χ2v) is 9.90. The van der Waals surface area contributed by atoms with Gasteiger partial charge in [0.05, 0.1) is 44.7 Å². The van der Waals surface area contributed by atoms with Crippen LogP contribution in [0.4, 0.5) is 0 Å². The summed E-state index contributed by atoms with van der Waals surface area (Å²) < 4.78 is 12.2. The lowest BCUT2D eigenvalue weighted by atomic mass is 9.95. The van der Waals surface area contributed by atoms with Gasteiger partial charge in [0, 0.05) is 6.54 Å². The van der Waals surface area contributed by atoms with Crippen LogP contribution in [0.1, 0.15) is 35.6 Å². The Labute approximate surface area is 237 Å². The summed E-state index contributed by atoms with van der Waals surface area (Å²) in [6.07, 6.45) is -0.0186. The van der Waals surface area contributed by atoms with Gasteiger partial charge in [-0.1, -0.05) is 54.6 Å². The fourth-order valence-corrected chi connectivity index (χ4v) is 4.54. The maximum absolute atomic E-state index is 10.6. The molecule has 8 heteroatoms. The lowest BCUT2D eigenvalue weighted by Gasteiger charge is -2.22. The Bertz CT molecular complexity index is 1140. The highest BCUT2D eigenvalue weighted by molar-refractivity contribution is 5.74. The molecule has 3 rings (SSSR count). The molecule has 0 amide bonds. The van der Waals surface area contributed by atoms with Crippen molar-refractivity contribution in [2.24, 2.45) is 0 Å². The van der Waals surface area contributed by atoms with E-state index >= 15 is 0 Å². The number of benzene rings is 3. The molecular formula is C32H44N2O6. The molecule has 3 aromatic carbocycles. The first-order valence-electron chi connectivity index (χ1n) is 14.0. The van der Waals surface area contributed by atoms with Gasteiger partial charge in [-0.2, -0.15) is 0 Å². The predicted octanol–water partition coefficient (Wildman–Crippen LogP) is 3.14. The molecule has 0 aliphatic heterocycles. The van der Waals surface area contributed by atoms with Gasteiger partial charge in [0.15, 0.2) is 0 Å². The number of ether oxygens (including phenoxy) is 2. The van der Waals surface area contributed by atoms with Gasteiger partial charge in [0.25, 0.3) is 0 Å². The molecular weight excluding hydrogens is 508 g/mol. The molecule has 0 radical (unpaired) electrons. The highest BCUT2D eigenvalue weighted by Crippen LogP contribution is 2.35. The molecule has 0 fully saturated rings. The molecule has 3 aromatic rings. The van der Waals surface area contributed by atoms with Crippen molar-refractivity contribution in [3.8, 4) is 22.6 Å². The smallest absolute Gasteiger partial charge is 0.122 e. The van der Waals surface area contributed by atoms with Gasteiger partial charge in [-0.25, -0.2) is 0 Å². The Morgan fingerprint density at radius 1 is 0.700 bits per heavy atom. The zero-order valence-electron chi connectivity index (χ0n) is 23.6. The van der Waals surface area contributed by atoms with Gasteiger partial charge in [-0.3, -0.25) is 0 Å². The summed E-state index contributed by atoms with van der Waals surface area (Å²) in [5.74, 6) is 1.66. The largest absolute Gasteiger partial charge is 0.493 e. The molecule has 0 bridgehead atoms. The van der Waals surface area contributed by atoms with E-state index in [1.165, 1.54) is 0 Å². The van der Waals surface area contributed by atoms with E-state index in [9.17, 15) is 15.3 Å². The highest BCUT2D eigenvalue weighted by Gasteiger charge is 2.19. The first-order valence-corrected chi connectivity index (χ1v) is 14.0. The molecule has 0 spiro atoms. The van der Waals surface area contributed by atoms with E-state index in [1.807, 2.05) is 54.6 Å². The van der Waals surface area contributed by atoms with Crippen molar-refractivity contribution >= 4 is 0 Å². The molecule has 8 nitrogen and oxygen atoms in total. The number of rotatable bonds is 18. The van der Waals surface area contributed by atoms with Gasteiger partial charge < -0.3 is 40.5 Å². The summed E-state index contributed by atoms with van der Waals surface area (Å²) in [5, 5.41) is 44.9. The van der Waals surface area contributed by atoms with Crippen LogP contribution in [0.2, 0.25) is 0 Å². The third-order valence-corrected chi connectivity index (χ3v) is 6.91. The Hall–Kier alpha value is -2.98. The molecule has 0 aliphatic carbocycles. The quantitative estimate of drug-likeness (QED) is 0.133. The van der Waals surface area contributed by atoms with Crippen LogP contribution in [0.25, 0.3) is 11.1 Å². The molecule has 0 aliphatic rings. The van der Waals surface area contributed by atoms with E-state index in [4.69, 9.17) is 14.6 Å². The van der Waals surface area contributed by atoms with Gasteiger partial charge in [0.2, 0.25) is 0 Å². The lowest BCUT2D eigenvalue weighted by Crippen LogP contribution is -2.39. The summed E-state index contributed by atoms with van der Waals surface area (Å²) in [6.45, 7) is 6.41. The maximum Gasteiger partial charge on any atom is 0.122 e. The molecule has 0 saturated carbocycles. The average molecular weight is 553 g/mol. The van der Waals surface area contributed by atoms with Crippen LogP contribution < -0.4 is 20.1 Å². The van der Waals surface area contributed by atoms with E-state index in [-0.39, 0.29) is 13.2 Å². The van der Waals surface area contributed by atoms with Crippen LogP contribution in [0.15, 0.2) is 66.7 Å². The summed E-state index contributed by atoms with van der Waals surface area (Å²) in [7, 11) is 0. The van der Waals surface area contributed by atoms with Crippen LogP contribution in [-0.4, -0.2) is 78.6 Å². The summed E-state index contributed by atoms with van der Waals surface area (Å²) in [5.41, 5.74) is 5.06. The fraction of sp³-hybridized carbons (Fsp3) is 0.438. The van der Waals surface area contributed by atoms with Crippen molar-refractivity contribution in [2.75, 3.05) is 46.1 Å². The Kier molecular flexibility index (Phi) is 13.4. The molecule has 218 valence electrons. The number of hydrogen-bond acceptors (Lipinski definition) is 8. The Morgan fingerprint density at radius 3 is 1.82 bits per heavy atom. The highest BCUT2D eigenvalue weighted by atomic mass is 16.5. The molecule has 0 saturated heterocycles. The zero-order valence-corrected chi connectivity index (χ0v) is 23.6. The van der Waals surface area contributed by atoms with E-state index in [0.717, 1.165) is 52.2 Å². The van der Waals surface area contributed by atoms with Crippen molar-refractivity contribution in [2.45, 2.75) is 44.9 Å². The van der Waals surface area contributed by atoms with E-state index in [2.05, 4.69) is 36.6 Å². The number of aliphatic hydroxyl groups excluding tert-OH is 4. The van der Waals surface area contributed by atoms with Crippen molar-refractivity contribution in [1.82, 2.24) is 10.6 Å². The third kappa shape index (κ3) is 9.30. The summed E-state index contributed by atoms with van der Waals surface area (Å²) in [4.78, 5) is 0. The average Bonchev–Trinajstić information content (AvgIpc) is 2.98. The monoisotopic (exact) mass is 552 g/mol. The van der Waals surface area contributed by atoms with Crippen LogP contribution in [0.3, 0.4) is 0 Å². The first kappa shape index (κ1) is 31.5. The van der Waals surface area contributed by atoms with Gasteiger partial charge in [0.1, 0.15) is 11.5 Å². The lowest BCUT2D eigenvalue weighted by molar-refractivity contribution is 0.0893. The second kappa shape index (κ2) is 17.0. The van der Waals surface area contributed by atoms with Gasteiger partial charge in [-0.05, 0) is 79.7 Å². The number of nitrogens with one attached hydrogen (secondary N) is 2. The molecule has 6 N–H and O–H groups in total. The standard InChI is InChI=1S/C32H44N2O6/c1-23-27(12-6-14-30(23)39-18-8-16-33-20-26(37)21-35)28-13-7-15-31(24(28)2)40-19-9-17-34-29(22-36)32(38)25-10-4-3-5-11-25/h3-7,10-15,26,29,32-38H,8-9,16-22H2,1-2H3/t26?,29-,32-/m1/s1. The normalized spacial score (nSPS) is 13.6. The molecule has 0 aromatic heterocycles. The van der Waals surface area contributed by atoms with E-state index in [1.54, 1.807) is 0 Å². The van der Waals surface area contributed by atoms with Crippen LogP contribution in [0, 0.1) is 13.8 Å². The maximum atomic E-state index is 10.6. The van der Waals surface area contributed by atoms with Crippen molar-refractivity contribution < 1.29 is 29.9 Å². The van der Waals surface area contributed by atoms with Gasteiger partial charge in [-0.15, -0.1) is 0 Å². The molecule has 0 heterocycles. The number of hydrogen-bond donors (Lipinski definition) is 6. The first-order chi connectivity index (χ1) is 19.5. The van der Waals surface area contributed by atoms with Crippen molar-refractivity contribution in [3.63, 3.8) is 0 Å². The minimum atomic E-state index is -0.781. The van der Waals surface area contributed by atoms with Crippen molar-refractivity contribution in [1.29, 1.82) is 0 Å². The minimum Gasteiger partial charge on any atom is -0.493 e. The Balaban J connectivity index is 1.51. The van der Waals surface area contributed by atoms with Crippen molar-refractivity contribution in [3.05, 3.63) is 83.4 Å². The molecule has 40 heavy (non-hydrogen) atoms. The van der Waals surface area contributed by atoms with Crippen LogP contribution in [0.5, 0.6) is 11.5 Å². The minimum absolute atomic E-state index is 0.161. The fourth-order valence-electron chi connectivity index (χ4n) is 4.54. The number of aliphatic hydroxyl groups is 4. The third-order valence-electron chi connectivity index (χ3n) is 6.91. The summed E-state index contributed by atoms with van der Waals surface area (Å²) >= 11 is 0. The zero-order chi connectivity index (χ0) is 28.7. The van der Waals surface area contributed by atoms with Crippen LogP contribution >= 0.6 is 0 Å². The SMILES string of the molecule is Cc1c(OCCCNCC(O)CO)cccc1-c1cccc(OCCCN[C@H](CO)[C@H](O)c2ccccc2)c1C. The summed E-state index contributed by atoms with van der Waals surface area (Å²) in [6, 6.07) is 21.0. The molecule has 3 atom stereocenters.